The molecule has 6 nitrogen and oxygen atoms in total. The van der Waals surface area contributed by atoms with Crippen LogP contribution in [0.2, 0.25) is 0 Å². The van der Waals surface area contributed by atoms with Crippen molar-refractivity contribution in [3.8, 4) is 0 Å². The van der Waals surface area contributed by atoms with E-state index in [2.05, 4.69) is 49.4 Å². The second kappa shape index (κ2) is 6.53. The van der Waals surface area contributed by atoms with Gasteiger partial charge in [0.1, 0.15) is 5.00 Å². The molecular formula is C14H17N5OS. The van der Waals surface area contributed by atoms with Gasteiger partial charge < -0.3 is 10.2 Å². The molecule has 2 amide bonds. The molecule has 110 valence electrons. The van der Waals surface area contributed by atoms with E-state index in [4.69, 9.17) is 0 Å². The van der Waals surface area contributed by atoms with Gasteiger partial charge in [-0.05, 0) is 24.5 Å². The SMILES string of the molecule is O=C(NCCCN1CCc2ccccc21)Nc1cnns1. The summed E-state index contributed by atoms with van der Waals surface area (Å²) in [7, 11) is 0. The second-order valence-electron chi connectivity index (χ2n) is 4.88. The normalized spacial score (nSPS) is 13.0. The zero-order valence-electron chi connectivity index (χ0n) is 11.6. The molecule has 1 aliphatic rings. The average Bonchev–Trinajstić information content (AvgIpc) is 3.13. The van der Waals surface area contributed by atoms with Crippen LogP contribution in [0.15, 0.2) is 30.5 Å². The molecule has 21 heavy (non-hydrogen) atoms. The summed E-state index contributed by atoms with van der Waals surface area (Å²) in [5.41, 5.74) is 2.75. The topological polar surface area (TPSA) is 70.2 Å². The standard InChI is InChI=1S/C14H17N5OS/c20-14(17-13-10-16-18-21-13)15-7-3-8-19-9-6-11-4-1-2-5-12(11)19/h1-2,4-5,10H,3,6-9H2,(H2,15,17,20). The monoisotopic (exact) mass is 303 g/mol. The fourth-order valence-corrected chi connectivity index (χ4v) is 2.90. The van der Waals surface area contributed by atoms with Crippen molar-refractivity contribution in [2.45, 2.75) is 12.8 Å². The summed E-state index contributed by atoms with van der Waals surface area (Å²) in [6, 6.07) is 8.31. The lowest BCUT2D eigenvalue weighted by atomic mass is 10.2. The van der Waals surface area contributed by atoms with Crippen LogP contribution in [0.3, 0.4) is 0 Å². The van der Waals surface area contributed by atoms with E-state index in [-0.39, 0.29) is 6.03 Å². The van der Waals surface area contributed by atoms with Gasteiger partial charge in [-0.25, -0.2) is 4.79 Å². The zero-order chi connectivity index (χ0) is 14.5. The number of rotatable bonds is 5. The lowest BCUT2D eigenvalue weighted by Crippen LogP contribution is -2.32. The highest BCUT2D eigenvalue weighted by Crippen LogP contribution is 2.27. The van der Waals surface area contributed by atoms with Crippen LogP contribution in [0.4, 0.5) is 15.5 Å². The number of nitrogens with zero attached hydrogens (tertiary/aromatic N) is 3. The third-order valence-corrected chi connectivity index (χ3v) is 4.05. The molecule has 0 saturated heterocycles. The van der Waals surface area contributed by atoms with Gasteiger partial charge in [0.15, 0.2) is 0 Å². The van der Waals surface area contributed by atoms with Gasteiger partial charge in [-0.3, -0.25) is 5.32 Å². The molecule has 2 aromatic rings. The molecule has 0 bridgehead atoms. The molecule has 7 heteroatoms. The number of aromatic nitrogens is 2. The zero-order valence-corrected chi connectivity index (χ0v) is 12.4. The summed E-state index contributed by atoms with van der Waals surface area (Å²) < 4.78 is 3.69. The number of amides is 2. The number of hydrogen-bond acceptors (Lipinski definition) is 5. The van der Waals surface area contributed by atoms with Crippen LogP contribution in [-0.2, 0) is 6.42 Å². The van der Waals surface area contributed by atoms with Crippen LogP contribution in [0.1, 0.15) is 12.0 Å². The summed E-state index contributed by atoms with van der Waals surface area (Å²) in [6.45, 7) is 2.67. The van der Waals surface area contributed by atoms with Crippen LogP contribution in [0.5, 0.6) is 0 Å². The van der Waals surface area contributed by atoms with Crippen LogP contribution in [-0.4, -0.2) is 35.3 Å². The summed E-state index contributed by atoms with van der Waals surface area (Å²) in [5, 5.41) is 9.86. The molecular weight excluding hydrogens is 286 g/mol. The molecule has 0 radical (unpaired) electrons. The predicted octanol–water partition coefficient (Wildman–Crippen LogP) is 2.11. The minimum atomic E-state index is -0.206. The molecule has 1 aromatic heterocycles. The quantitative estimate of drug-likeness (QED) is 0.830. The summed E-state index contributed by atoms with van der Waals surface area (Å²) in [4.78, 5) is 14.0. The van der Waals surface area contributed by atoms with Gasteiger partial charge in [-0.1, -0.05) is 22.7 Å². The van der Waals surface area contributed by atoms with Crippen LogP contribution >= 0.6 is 11.5 Å². The van der Waals surface area contributed by atoms with Crippen LogP contribution < -0.4 is 15.5 Å². The third kappa shape index (κ3) is 3.49. The Morgan fingerprint density at radius 3 is 3.14 bits per heavy atom. The Balaban J connectivity index is 1.38. The molecule has 0 saturated carbocycles. The van der Waals surface area contributed by atoms with Crippen molar-refractivity contribution in [1.82, 2.24) is 14.9 Å². The first-order valence-electron chi connectivity index (χ1n) is 6.98. The van der Waals surface area contributed by atoms with Gasteiger partial charge in [0.2, 0.25) is 0 Å². The van der Waals surface area contributed by atoms with E-state index in [1.165, 1.54) is 17.4 Å². The maximum absolute atomic E-state index is 11.6. The van der Waals surface area contributed by atoms with Gasteiger partial charge in [0.25, 0.3) is 0 Å². The van der Waals surface area contributed by atoms with Gasteiger partial charge in [0, 0.05) is 36.9 Å². The maximum Gasteiger partial charge on any atom is 0.319 e. The Labute approximate surface area is 127 Å². The molecule has 2 heterocycles. The number of carbonyl (C=O) groups excluding carboxylic acids is 1. The highest BCUT2D eigenvalue weighted by molar-refractivity contribution is 7.10. The first-order valence-corrected chi connectivity index (χ1v) is 7.75. The Kier molecular flexibility index (Phi) is 4.30. The Morgan fingerprint density at radius 1 is 1.38 bits per heavy atom. The van der Waals surface area contributed by atoms with E-state index in [1.807, 2.05) is 0 Å². The first kappa shape index (κ1) is 13.8. The number of carbonyl (C=O) groups is 1. The molecule has 3 rings (SSSR count). The summed E-state index contributed by atoms with van der Waals surface area (Å²) in [6.07, 6.45) is 3.57. The lowest BCUT2D eigenvalue weighted by Gasteiger charge is -2.19. The van der Waals surface area contributed by atoms with E-state index in [1.54, 1.807) is 0 Å². The molecule has 2 N–H and O–H groups in total. The van der Waals surface area contributed by atoms with Crippen LogP contribution in [0.25, 0.3) is 0 Å². The number of fused-ring (bicyclic) bond motifs is 1. The van der Waals surface area contributed by atoms with E-state index >= 15 is 0 Å². The van der Waals surface area contributed by atoms with Gasteiger partial charge in [-0.2, -0.15) is 0 Å². The first-order chi connectivity index (χ1) is 10.3. The lowest BCUT2D eigenvalue weighted by molar-refractivity contribution is 0.252. The maximum atomic E-state index is 11.6. The van der Waals surface area contributed by atoms with E-state index in [0.29, 0.717) is 11.5 Å². The summed E-state index contributed by atoms with van der Waals surface area (Å²) >= 11 is 1.16. The van der Waals surface area contributed by atoms with Crippen molar-refractivity contribution >= 4 is 28.3 Å². The Bertz CT molecular complexity index is 601. The highest BCUT2D eigenvalue weighted by atomic mass is 32.1. The van der Waals surface area contributed by atoms with Crippen molar-refractivity contribution in [1.29, 1.82) is 0 Å². The molecule has 0 aliphatic carbocycles. The van der Waals surface area contributed by atoms with Gasteiger partial charge in [-0.15, -0.1) is 5.10 Å². The number of urea groups is 1. The van der Waals surface area contributed by atoms with Crippen molar-refractivity contribution in [3.63, 3.8) is 0 Å². The molecule has 0 unspecified atom stereocenters. The molecule has 1 aromatic carbocycles. The van der Waals surface area contributed by atoms with E-state index in [9.17, 15) is 4.79 Å². The average molecular weight is 303 g/mol. The van der Waals surface area contributed by atoms with Crippen molar-refractivity contribution in [2.24, 2.45) is 0 Å². The molecule has 0 spiro atoms. The third-order valence-electron chi connectivity index (χ3n) is 3.47. The molecule has 0 atom stereocenters. The van der Waals surface area contributed by atoms with Crippen molar-refractivity contribution in [2.75, 3.05) is 29.9 Å². The Morgan fingerprint density at radius 2 is 2.29 bits per heavy atom. The van der Waals surface area contributed by atoms with E-state index in [0.717, 1.165) is 37.5 Å². The highest BCUT2D eigenvalue weighted by Gasteiger charge is 2.17. The predicted molar refractivity (Wildman–Crippen MR) is 83.9 cm³/mol. The minimum Gasteiger partial charge on any atom is -0.371 e. The molecule has 1 aliphatic heterocycles. The van der Waals surface area contributed by atoms with Crippen molar-refractivity contribution in [3.05, 3.63) is 36.0 Å². The fraction of sp³-hybridized carbons (Fsp3) is 0.357. The van der Waals surface area contributed by atoms with Gasteiger partial charge >= 0.3 is 6.03 Å². The summed E-state index contributed by atoms with van der Waals surface area (Å²) in [5.74, 6) is 0. The second-order valence-corrected chi connectivity index (χ2v) is 5.67. The number of anilines is 2. The number of benzene rings is 1. The Hall–Kier alpha value is -2.15. The number of nitrogens with one attached hydrogen (secondary N) is 2. The molecule has 0 fully saturated rings. The van der Waals surface area contributed by atoms with Crippen molar-refractivity contribution < 1.29 is 4.79 Å². The smallest absolute Gasteiger partial charge is 0.319 e. The van der Waals surface area contributed by atoms with Gasteiger partial charge in [0.05, 0.1) is 6.20 Å². The fourth-order valence-electron chi connectivity index (χ4n) is 2.49. The number of para-hydroxylation sites is 1. The largest absolute Gasteiger partial charge is 0.371 e. The van der Waals surface area contributed by atoms with Crippen LogP contribution in [0, 0.1) is 0 Å². The van der Waals surface area contributed by atoms with E-state index < -0.39 is 0 Å². The number of hydrogen-bond donors (Lipinski definition) is 2. The minimum absolute atomic E-state index is 0.206.